The minimum atomic E-state index is -3.67. The summed E-state index contributed by atoms with van der Waals surface area (Å²) in [6.45, 7) is 4.69. The highest BCUT2D eigenvalue weighted by atomic mass is 35.5. The maximum atomic E-state index is 13.9. The Kier molecular flexibility index (Phi) is 7.25. The second-order valence-electron chi connectivity index (χ2n) is 5.56. The first kappa shape index (κ1) is 20.6. The van der Waals surface area contributed by atoms with Gasteiger partial charge in [0.05, 0.1) is 0 Å². The Bertz CT molecular complexity index is 625. The van der Waals surface area contributed by atoms with E-state index in [0.717, 1.165) is 4.31 Å². The quantitative estimate of drug-likeness (QED) is 0.864. The monoisotopic (exact) mass is 385 g/mol. The van der Waals surface area contributed by atoms with Gasteiger partial charge in [-0.3, -0.25) is 0 Å². The minimum absolute atomic E-state index is 0. The second-order valence-corrected chi connectivity index (χ2v) is 7.95. The van der Waals surface area contributed by atoms with Crippen molar-refractivity contribution in [3.05, 3.63) is 34.6 Å². The zero-order valence-corrected chi connectivity index (χ0v) is 15.7. The van der Waals surface area contributed by atoms with Gasteiger partial charge in [0.25, 0.3) is 10.2 Å². The van der Waals surface area contributed by atoms with Gasteiger partial charge in [0.2, 0.25) is 0 Å². The number of benzene rings is 1. The van der Waals surface area contributed by atoms with Crippen LogP contribution >= 0.6 is 24.0 Å². The summed E-state index contributed by atoms with van der Waals surface area (Å²) in [5.74, 6) is -0.503. The van der Waals surface area contributed by atoms with Crippen molar-refractivity contribution in [3.63, 3.8) is 0 Å². The third-order valence-electron chi connectivity index (χ3n) is 4.11. The van der Waals surface area contributed by atoms with E-state index in [0.29, 0.717) is 13.1 Å². The Morgan fingerprint density at radius 1 is 1.43 bits per heavy atom. The van der Waals surface area contributed by atoms with Gasteiger partial charge in [-0.2, -0.15) is 17.0 Å². The second kappa shape index (κ2) is 8.09. The number of hydrogen-bond donors (Lipinski definition) is 1. The molecule has 0 bridgehead atoms. The van der Waals surface area contributed by atoms with Crippen LogP contribution in [-0.4, -0.2) is 49.2 Å². The molecule has 0 aliphatic carbocycles. The molecule has 2 atom stereocenters. The van der Waals surface area contributed by atoms with Gasteiger partial charge in [-0.1, -0.05) is 17.7 Å². The van der Waals surface area contributed by atoms with E-state index in [9.17, 15) is 12.8 Å². The third kappa shape index (κ3) is 4.35. The molecular formula is C14H22Cl2FN3O2S. The predicted octanol–water partition coefficient (Wildman–Crippen LogP) is 2.26. The Hall–Kier alpha value is -0.440. The molecule has 1 fully saturated rings. The molecule has 132 valence electrons. The predicted molar refractivity (Wildman–Crippen MR) is 92.7 cm³/mol. The van der Waals surface area contributed by atoms with Gasteiger partial charge in [0.1, 0.15) is 5.82 Å². The normalized spacial score (nSPS) is 22.9. The molecule has 0 aromatic heterocycles. The molecule has 0 saturated carbocycles. The van der Waals surface area contributed by atoms with Crippen LogP contribution in [0.3, 0.4) is 0 Å². The van der Waals surface area contributed by atoms with Gasteiger partial charge >= 0.3 is 0 Å². The van der Waals surface area contributed by atoms with Gasteiger partial charge in [-0.15, -0.1) is 12.4 Å². The van der Waals surface area contributed by atoms with E-state index in [4.69, 9.17) is 11.6 Å². The molecule has 1 aliphatic rings. The van der Waals surface area contributed by atoms with Crippen LogP contribution in [0.15, 0.2) is 18.2 Å². The Labute approximate surface area is 148 Å². The van der Waals surface area contributed by atoms with Gasteiger partial charge in [0, 0.05) is 49.4 Å². The standard InChI is InChI=1S/C14H21ClFN3O2S.ClH/c1-10-11(2)19(8-7-17-10)22(20,21)18(3)9-12-13(15)5-4-6-14(12)16;/h4-6,10-11,17H,7-9H2,1-3H3;1H. The van der Waals surface area contributed by atoms with Crippen molar-refractivity contribution in [3.8, 4) is 0 Å². The molecule has 5 nitrogen and oxygen atoms in total. The molecule has 1 aromatic carbocycles. The van der Waals surface area contributed by atoms with Crippen molar-refractivity contribution in [1.29, 1.82) is 0 Å². The largest absolute Gasteiger partial charge is 0.311 e. The summed E-state index contributed by atoms with van der Waals surface area (Å²) in [6, 6.07) is 4.22. The van der Waals surface area contributed by atoms with E-state index >= 15 is 0 Å². The number of nitrogens with one attached hydrogen (secondary N) is 1. The lowest BCUT2D eigenvalue weighted by molar-refractivity contribution is 0.218. The van der Waals surface area contributed by atoms with E-state index < -0.39 is 16.0 Å². The lowest BCUT2D eigenvalue weighted by Gasteiger charge is -2.39. The average molecular weight is 386 g/mol. The molecule has 0 spiro atoms. The molecule has 1 aliphatic heterocycles. The van der Waals surface area contributed by atoms with Crippen LogP contribution in [0.1, 0.15) is 19.4 Å². The molecule has 1 heterocycles. The SMILES string of the molecule is CC1NCCN(S(=O)(=O)N(C)Cc2c(F)cccc2Cl)C1C.Cl. The topological polar surface area (TPSA) is 52.7 Å². The highest BCUT2D eigenvalue weighted by molar-refractivity contribution is 7.86. The molecule has 0 amide bonds. The van der Waals surface area contributed by atoms with Crippen LogP contribution < -0.4 is 5.32 Å². The zero-order valence-electron chi connectivity index (χ0n) is 13.3. The molecule has 1 saturated heterocycles. The average Bonchev–Trinajstić information content (AvgIpc) is 2.45. The zero-order chi connectivity index (χ0) is 16.5. The Morgan fingerprint density at radius 2 is 2.09 bits per heavy atom. The summed E-state index contributed by atoms with van der Waals surface area (Å²) in [4.78, 5) is 0. The fourth-order valence-electron chi connectivity index (χ4n) is 2.52. The molecule has 2 unspecified atom stereocenters. The first-order valence-corrected chi connectivity index (χ1v) is 8.92. The number of rotatable bonds is 4. The first-order chi connectivity index (χ1) is 10.2. The summed E-state index contributed by atoms with van der Waals surface area (Å²) in [5, 5.41) is 3.46. The maximum absolute atomic E-state index is 13.9. The van der Waals surface area contributed by atoms with Crippen LogP contribution in [0.2, 0.25) is 5.02 Å². The number of hydrogen-bond acceptors (Lipinski definition) is 3. The molecule has 1 aromatic rings. The van der Waals surface area contributed by atoms with Crippen LogP contribution in [-0.2, 0) is 16.8 Å². The minimum Gasteiger partial charge on any atom is -0.311 e. The van der Waals surface area contributed by atoms with E-state index in [1.54, 1.807) is 6.07 Å². The third-order valence-corrected chi connectivity index (χ3v) is 6.49. The number of halogens is 3. The highest BCUT2D eigenvalue weighted by Crippen LogP contribution is 2.23. The van der Waals surface area contributed by atoms with Crippen molar-refractivity contribution in [2.75, 3.05) is 20.1 Å². The molecule has 9 heteroatoms. The van der Waals surface area contributed by atoms with E-state index in [2.05, 4.69) is 5.32 Å². The molecular weight excluding hydrogens is 364 g/mol. The van der Waals surface area contributed by atoms with Gasteiger partial charge in [0.15, 0.2) is 0 Å². The van der Waals surface area contributed by atoms with Gasteiger partial charge in [-0.05, 0) is 26.0 Å². The summed E-state index contributed by atoms with van der Waals surface area (Å²) in [5.41, 5.74) is 0.186. The summed E-state index contributed by atoms with van der Waals surface area (Å²) in [7, 11) is -2.23. The van der Waals surface area contributed by atoms with Crippen molar-refractivity contribution in [2.24, 2.45) is 0 Å². The lowest BCUT2D eigenvalue weighted by atomic mass is 10.1. The van der Waals surface area contributed by atoms with Crippen LogP contribution in [0.5, 0.6) is 0 Å². The molecule has 1 N–H and O–H groups in total. The highest BCUT2D eigenvalue weighted by Gasteiger charge is 2.36. The maximum Gasteiger partial charge on any atom is 0.282 e. The van der Waals surface area contributed by atoms with Crippen molar-refractivity contribution < 1.29 is 12.8 Å². The number of piperazine rings is 1. The molecule has 23 heavy (non-hydrogen) atoms. The lowest BCUT2D eigenvalue weighted by Crippen LogP contribution is -2.59. The summed E-state index contributed by atoms with van der Waals surface area (Å²) < 4.78 is 41.9. The van der Waals surface area contributed by atoms with Crippen molar-refractivity contribution in [1.82, 2.24) is 13.9 Å². The number of nitrogens with zero attached hydrogens (tertiary/aromatic N) is 2. The molecule has 2 rings (SSSR count). The van der Waals surface area contributed by atoms with Gasteiger partial charge in [-0.25, -0.2) is 4.39 Å². The Morgan fingerprint density at radius 3 is 2.70 bits per heavy atom. The van der Waals surface area contributed by atoms with E-state index in [1.807, 2.05) is 13.8 Å². The van der Waals surface area contributed by atoms with Gasteiger partial charge < -0.3 is 5.32 Å². The molecule has 0 radical (unpaired) electrons. The fourth-order valence-corrected chi connectivity index (χ4v) is 4.32. The smallest absolute Gasteiger partial charge is 0.282 e. The van der Waals surface area contributed by atoms with Crippen LogP contribution in [0.25, 0.3) is 0 Å². The van der Waals surface area contributed by atoms with E-state index in [-0.39, 0.29) is 41.6 Å². The fraction of sp³-hybridized carbons (Fsp3) is 0.571. The van der Waals surface area contributed by atoms with Crippen molar-refractivity contribution >= 4 is 34.2 Å². The summed E-state index contributed by atoms with van der Waals surface area (Å²) in [6.07, 6.45) is 0. The van der Waals surface area contributed by atoms with Crippen LogP contribution in [0, 0.1) is 5.82 Å². The van der Waals surface area contributed by atoms with E-state index in [1.165, 1.54) is 23.5 Å². The van der Waals surface area contributed by atoms with Crippen molar-refractivity contribution in [2.45, 2.75) is 32.5 Å². The Balaban J connectivity index is 0.00000264. The van der Waals surface area contributed by atoms with Crippen LogP contribution in [0.4, 0.5) is 4.39 Å². The first-order valence-electron chi connectivity index (χ1n) is 7.14. The summed E-state index contributed by atoms with van der Waals surface area (Å²) >= 11 is 5.98.